The molecular weight excluding hydrogens is 390 g/mol. The van der Waals surface area contributed by atoms with Gasteiger partial charge < -0.3 is 11.1 Å². The average Bonchev–Trinajstić information content (AvgIpc) is 3.09. The number of imidazole rings is 1. The van der Waals surface area contributed by atoms with Crippen molar-refractivity contribution in [2.75, 3.05) is 11.1 Å². The second-order valence-electron chi connectivity index (χ2n) is 6.43. The number of pyridine rings is 1. The van der Waals surface area contributed by atoms with E-state index in [0.29, 0.717) is 28.3 Å². The minimum Gasteiger partial charge on any atom is -0.384 e. The Morgan fingerprint density at radius 2 is 1.97 bits per heavy atom. The molecule has 1 aromatic carbocycles. The first kappa shape index (κ1) is 18.5. The van der Waals surface area contributed by atoms with Gasteiger partial charge in [0.15, 0.2) is 0 Å². The van der Waals surface area contributed by atoms with Gasteiger partial charge in [0.05, 0.1) is 34.9 Å². The molecule has 3 heterocycles. The Labute approximate surface area is 170 Å². The number of halogens is 1. The molecule has 0 fully saturated rings. The number of anilines is 2. The second kappa shape index (κ2) is 7.30. The van der Waals surface area contributed by atoms with E-state index in [2.05, 4.69) is 21.4 Å². The van der Waals surface area contributed by atoms with Crippen LogP contribution in [0, 0.1) is 11.3 Å². The summed E-state index contributed by atoms with van der Waals surface area (Å²) in [5.74, 6) is 0.287. The van der Waals surface area contributed by atoms with E-state index in [-0.39, 0.29) is 22.7 Å². The Morgan fingerprint density at radius 1 is 1.21 bits per heavy atom. The highest BCUT2D eigenvalue weighted by Crippen LogP contribution is 2.25. The molecule has 4 rings (SSSR count). The molecule has 0 bridgehead atoms. The molecule has 0 saturated carbocycles. The molecule has 0 radical (unpaired) electrons. The van der Waals surface area contributed by atoms with Crippen LogP contribution in [-0.4, -0.2) is 18.9 Å². The Morgan fingerprint density at radius 3 is 2.69 bits per heavy atom. The van der Waals surface area contributed by atoms with Crippen LogP contribution in [0.15, 0.2) is 59.7 Å². The number of para-hydroxylation sites is 1. The molecule has 0 aliphatic rings. The number of nitriles is 1. The van der Waals surface area contributed by atoms with Gasteiger partial charge in [-0.1, -0.05) is 29.8 Å². The van der Waals surface area contributed by atoms with E-state index in [1.54, 1.807) is 16.7 Å². The lowest BCUT2D eigenvalue weighted by atomic mass is 10.1. The molecule has 0 aliphatic carbocycles. The topological polar surface area (TPSA) is 114 Å². The summed E-state index contributed by atoms with van der Waals surface area (Å²) in [5, 5.41) is 12.8. The molecule has 3 N–H and O–H groups in total. The van der Waals surface area contributed by atoms with Crippen LogP contribution in [0.3, 0.4) is 0 Å². The zero-order valence-corrected chi connectivity index (χ0v) is 16.1. The minimum atomic E-state index is -0.364. The first-order valence-electron chi connectivity index (χ1n) is 8.76. The van der Waals surface area contributed by atoms with Crippen LogP contribution in [0.1, 0.15) is 24.2 Å². The van der Waals surface area contributed by atoms with Gasteiger partial charge in [-0.2, -0.15) is 5.26 Å². The molecule has 1 atom stereocenters. The maximum atomic E-state index is 13.3. The standard InChI is InChI=1S/C20H16ClN7O/c1-12(26-15-7-18(23)24-10-13(15)9-22)16-8-19-25-11-17(21)28(19)20(29)27(16)14-5-3-2-4-6-14/h2-8,10-12H,1H3,(H3,23,24,26). The fourth-order valence-corrected chi connectivity index (χ4v) is 3.39. The molecule has 0 saturated heterocycles. The average molecular weight is 406 g/mol. The van der Waals surface area contributed by atoms with Crippen molar-refractivity contribution in [1.82, 2.24) is 18.9 Å². The van der Waals surface area contributed by atoms with Gasteiger partial charge in [-0.15, -0.1) is 0 Å². The number of rotatable bonds is 4. The second-order valence-corrected chi connectivity index (χ2v) is 6.82. The number of nitrogens with one attached hydrogen (secondary N) is 1. The normalized spacial score (nSPS) is 11.9. The molecule has 1 unspecified atom stereocenters. The van der Waals surface area contributed by atoms with Crippen molar-refractivity contribution in [3.63, 3.8) is 0 Å². The number of fused-ring (bicyclic) bond motifs is 1. The van der Waals surface area contributed by atoms with E-state index in [0.717, 1.165) is 0 Å². The molecule has 0 aliphatic heterocycles. The van der Waals surface area contributed by atoms with Gasteiger partial charge in [0.2, 0.25) is 0 Å². The van der Waals surface area contributed by atoms with Gasteiger partial charge in [-0.05, 0) is 19.1 Å². The van der Waals surface area contributed by atoms with E-state index in [1.165, 1.54) is 16.8 Å². The molecule has 144 valence electrons. The highest BCUT2D eigenvalue weighted by atomic mass is 35.5. The van der Waals surface area contributed by atoms with Crippen LogP contribution >= 0.6 is 11.6 Å². The number of nitrogens with two attached hydrogens (primary N) is 1. The zero-order valence-electron chi connectivity index (χ0n) is 15.4. The monoisotopic (exact) mass is 405 g/mol. The fourth-order valence-electron chi connectivity index (χ4n) is 3.19. The van der Waals surface area contributed by atoms with E-state index < -0.39 is 0 Å². The van der Waals surface area contributed by atoms with Gasteiger partial charge in [0.1, 0.15) is 22.7 Å². The van der Waals surface area contributed by atoms with Crippen LogP contribution in [0.25, 0.3) is 11.3 Å². The lowest BCUT2D eigenvalue weighted by Gasteiger charge is -2.21. The summed E-state index contributed by atoms with van der Waals surface area (Å²) in [6, 6.07) is 14.3. The molecule has 8 nitrogen and oxygen atoms in total. The van der Waals surface area contributed by atoms with Crippen LogP contribution in [-0.2, 0) is 0 Å². The minimum absolute atomic E-state index is 0.232. The number of nitrogen functional groups attached to an aromatic ring is 1. The summed E-state index contributed by atoms with van der Waals surface area (Å²) in [5.41, 5.74) is 8.08. The molecule has 4 aromatic rings. The predicted octanol–water partition coefficient (Wildman–Crippen LogP) is 3.16. The number of nitrogens with zero attached hydrogens (tertiary/aromatic N) is 5. The molecular formula is C20H16ClN7O. The van der Waals surface area contributed by atoms with E-state index in [1.807, 2.05) is 37.3 Å². The van der Waals surface area contributed by atoms with Crippen molar-refractivity contribution in [3.8, 4) is 11.8 Å². The van der Waals surface area contributed by atoms with Crippen molar-refractivity contribution in [3.05, 3.63) is 81.8 Å². The number of benzene rings is 1. The Hall–Kier alpha value is -3.83. The largest absolute Gasteiger partial charge is 0.384 e. The Kier molecular flexibility index (Phi) is 4.66. The molecule has 0 amide bonds. The maximum absolute atomic E-state index is 13.3. The van der Waals surface area contributed by atoms with Gasteiger partial charge >= 0.3 is 5.69 Å². The van der Waals surface area contributed by atoms with Crippen LogP contribution in [0.2, 0.25) is 5.15 Å². The smallest absolute Gasteiger partial charge is 0.339 e. The molecule has 0 spiro atoms. The van der Waals surface area contributed by atoms with E-state index in [9.17, 15) is 10.1 Å². The number of hydrogen-bond acceptors (Lipinski definition) is 6. The third kappa shape index (κ3) is 3.28. The highest BCUT2D eigenvalue weighted by molar-refractivity contribution is 6.29. The summed E-state index contributed by atoms with van der Waals surface area (Å²) < 4.78 is 2.91. The van der Waals surface area contributed by atoms with Gasteiger partial charge in [-0.3, -0.25) is 4.57 Å². The predicted molar refractivity (Wildman–Crippen MR) is 111 cm³/mol. The van der Waals surface area contributed by atoms with Crippen molar-refractivity contribution in [2.45, 2.75) is 13.0 Å². The number of aromatic nitrogens is 4. The quantitative estimate of drug-likeness (QED) is 0.539. The van der Waals surface area contributed by atoms with E-state index in [4.69, 9.17) is 17.3 Å². The molecule has 29 heavy (non-hydrogen) atoms. The number of hydrogen-bond donors (Lipinski definition) is 2. The van der Waals surface area contributed by atoms with Crippen molar-refractivity contribution < 1.29 is 0 Å². The van der Waals surface area contributed by atoms with Crippen molar-refractivity contribution in [1.29, 1.82) is 5.26 Å². The SMILES string of the molecule is CC(Nc1cc(N)ncc1C#N)c1cc2ncc(Cl)n2c(=O)n1-c1ccccc1. The van der Waals surface area contributed by atoms with Crippen molar-refractivity contribution >= 4 is 28.8 Å². The van der Waals surface area contributed by atoms with E-state index >= 15 is 0 Å². The maximum Gasteiger partial charge on any atom is 0.339 e. The van der Waals surface area contributed by atoms with Gasteiger partial charge in [0.25, 0.3) is 0 Å². The zero-order chi connectivity index (χ0) is 20.5. The summed E-state index contributed by atoms with van der Waals surface area (Å²) in [4.78, 5) is 21.4. The fraction of sp³-hybridized carbons (Fsp3) is 0.100. The lowest BCUT2D eigenvalue weighted by Crippen LogP contribution is -2.30. The summed E-state index contributed by atoms with van der Waals surface area (Å²) in [6.07, 6.45) is 2.85. The van der Waals surface area contributed by atoms with Gasteiger partial charge in [0, 0.05) is 18.3 Å². The first-order valence-corrected chi connectivity index (χ1v) is 9.14. The summed E-state index contributed by atoms with van der Waals surface area (Å²) in [7, 11) is 0. The third-order valence-electron chi connectivity index (χ3n) is 4.54. The third-order valence-corrected chi connectivity index (χ3v) is 4.81. The lowest BCUT2D eigenvalue weighted by molar-refractivity contribution is 0.741. The van der Waals surface area contributed by atoms with Crippen molar-refractivity contribution in [2.24, 2.45) is 0 Å². The molecule has 3 aromatic heterocycles. The van der Waals surface area contributed by atoms with Crippen LogP contribution < -0.4 is 16.7 Å². The van der Waals surface area contributed by atoms with Gasteiger partial charge in [-0.25, -0.2) is 19.2 Å². The first-order chi connectivity index (χ1) is 14.0. The summed E-state index contributed by atoms with van der Waals surface area (Å²) in [6.45, 7) is 1.88. The van der Waals surface area contributed by atoms with Crippen LogP contribution in [0.4, 0.5) is 11.5 Å². The molecule has 9 heteroatoms. The summed E-state index contributed by atoms with van der Waals surface area (Å²) >= 11 is 6.17. The van der Waals surface area contributed by atoms with Crippen LogP contribution in [0.5, 0.6) is 0 Å². The Balaban J connectivity index is 1.90. The highest BCUT2D eigenvalue weighted by Gasteiger charge is 2.19. The Bertz CT molecular complexity index is 1300.